The van der Waals surface area contributed by atoms with Gasteiger partial charge in [0.15, 0.2) is 5.69 Å². The molecule has 2 heterocycles. The Morgan fingerprint density at radius 2 is 2.09 bits per heavy atom. The Balaban J connectivity index is 1.78. The molecule has 2 aromatic rings. The molecule has 1 unspecified atom stereocenters. The summed E-state index contributed by atoms with van der Waals surface area (Å²) < 4.78 is 5.45. The van der Waals surface area contributed by atoms with Crippen LogP contribution in [-0.4, -0.2) is 34.9 Å². The highest BCUT2D eigenvalue weighted by Crippen LogP contribution is 2.29. The summed E-state index contributed by atoms with van der Waals surface area (Å²) in [5.74, 6) is 0.378. The standard InChI is InChI=1S/C17H21N3O2/c1-17(2)11-20(9-8-14(17)18)16(21)13-10-22-15(19-13)12-6-4-3-5-7-12/h3-7,10,14H,8-9,11,18H2,1-2H3. The molecule has 1 fully saturated rings. The van der Waals surface area contributed by atoms with Crippen molar-refractivity contribution >= 4 is 5.91 Å². The van der Waals surface area contributed by atoms with Crippen LogP contribution in [0.5, 0.6) is 0 Å². The predicted molar refractivity (Wildman–Crippen MR) is 84.2 cm³/mol. The number of nitrogens with zero attached hydrogens (tertiary/aromatic N) is 2. The molecule has 1 aliphatic rings. The van der Waals surface area contributed by atoms with Crippen molar-refractivity contribution in [1.29, 1.82) is 0 Å². The lowest BCUT2D eigenvalue weighted by molar-refractivity contribution is 0.0527. The zero-order valence-corrected chi connectivity index (χ0v) is 13.0. The number of oxazole rings is 1. The normalized spacial score (nSPS) is 20.9. The minimum Gasteiger partial charge on any atom is -0.444 e. The fourth-order valence-electron chi connectivity index (χ4n) is 2.79. The van der Waals surface area contributed by atoms with Gasteiger partial charge in [-0.2, -0.15) is 0 Å². The summed E-state index contributed by atoms with van der Waals surface area (Å²) in [6, 6.07) is 9.68. The molecule has 5 heteroatoms. The average Bonchev–Trinajstić information content (AvgIpc) is 3.00. The second kappa shape index (κ2) is 5.57. The molecule has 1 saturated heterocycles. The first-order chi connectivity index (χ1) is 10.5. The minimum absolute atomic E-state index is 0.0834. The Labute approximate surface area is 130 Å². The van der Waals surface area contributed by atoms with Crippen molar-refractivity contribution in [2.24, 2.45) is 11.1 Å². The molecule has 22 heavy (non-hydrogen) atoms. The highest BCUT2D eigenvalue weighted by molar-refractivity contribution is 5.92. The third-order valence-corrected chi connectivity index (χ3v) is 4.34. The minimum atomic E-state index is -0.0918. The molecule has 2 N–H and O–H groups in total. The van der Waals surface area contributed by atoms with Gasteiger partial charge < -0.3 is 15.1 Å². The van der Waals surface area contributed by atoms with Crippen LogP contribution in [0.25, 0.3) is 11.5 Å². The number of carbonyl (C=O) groups is 1. The predicted octanol–water partition coefficient (Wildman–Crippen LogP) is 2.54. The number of amides is 1. The summed E-state index contributed by atoms with van der Waals surface area (Å²) in [5, 5.41) is 0. The van der Waals surface area contributed by atoms with Crippen molar-refractivity contribution < 1.29 is 9.21 Å². The molecule has 116 valence electrons. The Kier molecular flexibility index (Phi) is 3.74. The summed E-state index contributed by atoms with van der Waals surface area (Å²) in [7, 11) is 0. The molecule has 3 rings (SSSR count). The first-order valence-corrected chi connectivity index (χ1v) is 7.53. The van der Waals surface area contributed by atoms with E-state index >= 15 is 0 Å². The fraction of sp³-hybridized carbons (Fsp3) is 0.412. The Hall–Kier alpha value is -2.14. The third kappa shape index (κ3) is 2.76. The molecule has 5 nitrogen and oxygen atoms in total. The lowest BCUT2D eigenvalue weighted by Crippen LogP contribution is -2.54. The SMILES string of the molecule is CC1(C)CN(C(=O)c2coc(-c3ccccc3)n2)CCC1N. The van der Waals surface area contributed by atoms with Crippen LogP contribution >= 0.6 is 0 Å². The first kappa shape index (κ1) is 14.8. The highest BCUT2D eigenvalue weighted by Gasteiger charge is 2.36. The van der Waals surface area contributed by atoms with E-state index in [1.54, 1.807) is 0 Å². The zero-order chi connectivity index (χ0) is 15.7. The number of hydrogen-bond donors (Lipinski definition) is 1. The van der Waals surface area contributed by atoms with Crippen LogP contribution in [-0.2, 0) is 0 Å². The fourth-order valence-corrected chi connectivity index (χ4v) is 2.79. The molecular formula is C17H21N3O2. The van der Waals surface area contributed by atoms with Gasteiger partial charge in [-0.1, -0.05) is 32.0 Å². The van der Waals surface area contributed by atoms with Gasteiger partial charge in [-0.25, -0.2) is 4.98 Å². The Morgan fingerprint density at radius 1 is 1.36 bits per heavy atom. The van der Waals surface area contributed by atoms with E-state index in [2.05, 4.69) is 18.8 Å². The molecule has 1 aliphatic heterocycles. The van der Waals surface area contributed by atoms with Crippen molar-refractivity contribution in [1.82, 2.24) is 9.88 Å². The van der Waals surface area contributed by atoms with Gasteiger partial charge in [-0.05, 0) is 24.0 Å². The van der Waals surface area contributed by atoms with E-state index in [-0.39, 0.29) is 17.4 Å². The summed E-state index contributed by atoms with van der Waals surface area (Å²) in [5.41, 5.74) is 7.25. The van der Waals surface area contributed by atoms with Gasteiger partial charge in [0.1, 0.15) is 6.26 Å². The molecule has 1 amide bonds. The molecule has 0 aliphatic carbocycles. The van der Waals surface area contributed by atoms with Gasteiger partial charge in [0, 0.05) is 24.7 Å². The van der Waals surface area contributed by atoms with E-state index < -0.39 is 0 Å². The van der Waals surface area contributed by atoms with Crippen LogP contribution in [0.15, 0.2) is 41.0 Å². The van der Waals surface area contributed by atoms with E-state index in [4.69, 9.17) is 10.2 Å². The topological polar surface area (TPSA) is 72.4 Å². The number of hydrogen-bond acceptors (Lipinski definition) is 4. The monoisotopic (exact) mass is 299 g/mol. The van der Waals surface area contributed by atoms with Crippen molar-refractivity contribution in [3.05, 3.63) is 42.3 Å². The van der Waals surface area contributed by atoms with Crippen molar-refractivity contribution in [2.45, 2.75) is 26.3 Å². The van der Waals surface area contributed by atoms with Crippen LogP contribution in [0.3, 0.4) is 0 Å². The Bertz CT molecular complexity index is 664. The van der Waals surface area contributed by atoms with E-state index in [1.807, 2.05) is 35.2 Å². The van der Waals surface area contributed by atoms with E-state index in [1.165, 1.54) is 6.26 Å². The average molecular weight is 299 g/mol. The summed E-state index contributed by atoms with van der Waals surface area (Å²) in [6.45, 7) is 5.49. The van der Waals surface area contributed by atoms with Gasteiger partial charge >= 0.3 is 0 Å². The van der Waals surface area contributed by atoms with Crippen LogP contribution in [0.4, 0.5) is 0 Å². The summed E-state index contributed by atoms with van der Waals surface area (Å²) in [6.07, 6.45) is 2.24. The second-order valence-corrected chi connectivity index (χ2v) is 6.51. The number of carbonyl (C=O) groups excluding carboxylic acids is 1. The van der Waals surface area contributed by atoms with Gasteiger partial charge in [0.05, 0.1) is 0 Å². The van der Waals surface area contributed by atoms with E-state index in [0.717, 1.165) is 12.0 Å². The lowest BCUT2D eigenvalue weighted by Gasteiger charge is -2.42. The van der Waals surface area contributed by atoms with E-state index in [9.17, 15) is 4.79 Å². The number of piperidine rings is 1. The Morgan fingerprint density at radius 3 is 2.77 bits per heavy atom. The van der Waals surface area contributed by atoms with Crippen LogP contribution in [0, 0.1) is 5.41 Å². The molecule has 0 bridgehead atoms. The van der Waals surface area contributed by atoms with Gasteiger partial charge in [-0.15, -0.1) is 0 Å². The third-order valence-electron chi connectivity index (χ3n) is 4.34. The van der Waals surface area contributed by atoms with Crippen LogP contribution < -0.4 is 5.73 Å². The number of rotatable bonds is 2. The van der Waals surface area contributed by atoms with Crippen molar-refractivity contribution in [3.8, 4) is 11.5 Å². The number of likely N-dealkylation sites (tertiary alicyclic amines) is 1. The molecular weight excluding hydrogens is 278 g/mol. The van der Waals surface area contributed by atoms with Gasteiger partial charge in [0.2, 0.25) is 5.89 Å². The van der Waals surface area contributed by atoms with Crippen molar-refractivity contribution in [3.63, 3.8) is 0 Å². The number of aromatic nitrogens is 1. The largest absolute Gasteiger partial charge is 0.444 e. The maximum absolute atomic E-state index is 12.6. The smallest absolute Gasteiger partial charge is 0.275 e. The van der Waals surface area contributed by atoms with Crippen LogP contribution in [0.2, 0.25) is 0 Å². The molecule has 1 atom stereocenters. The molecule has 0 saturated carbocycles. The molecule has 1 aromatic heterocycles. The number of benzene rings is 1. The maximum Gasteiger partial charge on any atom is 0.275 e. The zero-order valence-electron chi connectivity index (χ0n) is 13.0. The van der Waals surface area contributed by atoms with Crippen molar-refractivity contribution in [2.75, 3.05) is 13.1 Å². The molecule has 0 radical (unpaired) electrons. The quantitative estimate of drug-likeness (QED) is 0.925. The maximum atomic E-state index is 12.6. The number of nitrogens with two attached hydrogens (primary N) is 1. The molecule has 1 aromatic carbocycles. The summed E-state index contributed by atoms with van der Waals surface area (Å²) in [4.78, 5) is 18.8. The van der Waals surface area contributed by atoms with Crippen LogP contribution in [0.1, 0.15) is 30.8 Å². The second-order valence-electron chi connectivity index (χ2n) is 6.51. The first-order valence-electron chi connectivity index (χ1n) is 7.53. The van der Waals surface area contributed by atoms with E-state index in [0.29, 0.717) is 24.7 Å². The van der Waals surface area contributed by atoms with Gasteiger partial charge in [-0.3, -0.25) is 4.79 Å². The van der Waals surface area contributed by atoms with Gasteiger partial charge in [0.25, 0.3) is 5.91 Å². The summed E-state index contributed by atoms with van der Waals surface area (Å²) >= 11 is 0. The highest BCUT2D eigenvalue weighted by atomic mass is 16.3. The lowest BCUT2D eigenvalue weighted by atomic mass is 9.79. The molecule has 0 spiro atoms.